The lowest BCUT2D eigenvalue weighted by molar-refractivity contribution is -0.146. The van der Waals surface area contributed by atoms with Gasteiger partial charge in [-0.3, -0.25) is 0 Å². The van der Waals surface area contributed by atoms with Gasteiger partial charge in [0.1, 0.15) is 11.7 Å². The number of rotatable bonds is 5. The smallest absolute Gasteiger partial charge is 0.333 e. The second-order valence-corrected chi connectivity index (χ2v) is 4.84. The molecule has 0 saturated carbocycles. The Bertz CT molecular complexity index is 446. The summed E-state index contributed by atoms with van der Waals surface area (Å²) in [6.07, 6.45) is 0.500. The number of epoxide rings is 1. The van der Waals surface area contributed by atoms with E-state index in [-0.39, 0.29) is 17.7 Å². The first kappa shape index (κ1) is 12.8. The first-order valence-corrected chi connectivity index (χ1v) is 6.08. The first-order chi connectivity index (χ1) is 8.53. The van der Waals surface area contributed by atoms with Gasteiger partial charge in [0.25, 0.3) is 0 Å². The molecule has 0 amide bonds. The molecule has 0 N–H and O–H groups in total. The van der Waals surface area contributed by atoms with Crippen LogP contribution in [0.2, 0.25) is 0 Å². The van der Waals surface area contributed by atoms with E-state index in [1.54, 1.807) is 6.92 Å². The Hall–Kier alpha value is -1.61. The molecule has 2 atom stereocenters. The predicted molar refractivity (Wildman–Crippen MR) is 69.2 cm³/mol. The van der Waals surface area contributed by atoms with Crippen LogP contribution in [0.25, 0.3) is 0 Å². The molecular weight excluding hydrogens is 228 g/mol. The summed E-state index contributed by atoms with van der Waals surface area (Å²) in [6.45, 7) is 7.73. The van der Waals surface area contributed by atoms with Gasteiger partial charge in [-0.2, -0.15) is 0 Å². The van der Waals surface area contributed by atoms with Crippen LogP contribution >= 0.6 is 0 Å². The Balaban J connectivity index is 1.99. The first-order valence-electron chi connectivity index (χ1n) is 6.08. The lowest BCUT2D eigenvalue weighted by atomic mass is 9.95. The number of carbonyl (C=O) groups excluding carboxylic acids is 1. The number of hydrogen-bond acceptors (Lipinski definition) is 3. The van der Waals surface area contributed by atoms with Crippen LogP contribution in [-0.2, 0) is 20.7 Å². The summed E-state index contributed by atoms with van der Waals surface area (Å²) >= 11 is 0. The SMILES string of the molecule is C=C(C)C(=O)OC(C)C1(Cc2ccccc2)CO1. The molecule has 18 heavy (non-hydrogen) atoms. The maximum absolute atomic E-state index is 11.5. The predicted octanol–water partition coefficient (Wildman–Crippen LogP) is 2.51. The number of esters is 1. The average molecular weight is 246 g/mol. The lowest BCUT2D eigenvalue weighted by Crippen LogP contribution is -2.34. The monoisotopic (exact) mass is 246 g/mol. The van der Waals surface area contributed by atoms with Crippen LogP contribution in [0.1, 0.15) is 19.4 Å². The van der Waals surface area contributed by atoms with Gasteiger partial charge >= 0.3 is 5.97 Å². The molecule has 1 aliphatic heterocycles. The highest BCUT2D eigenvalue weighted by Crippen LogP contribution is 2.36. The van der Waals surface area contributed by atoms with Crippen molar-refractivity contribution in [2.75, 3.05) is 6.61 Å². The fourth-order valence-corrected chi connectivity index (χ4v) is 1.88. The number of hydrogen-bond donors (Lipinski definition) is 0. The third-order valence-electron chi connectivity index (χ3n) is 3.23. The quantitative estimate of drug-likeness (QED) is 0.455. The Morgan fingerprint density at radius 3 is 2.61 bits per heavy atom. The minimum absolute atomic E-state index is 0.262. The van der Waals surface area contributed by atoms with Crippen LogP contribution in [0, 0.1) is 0 Å². The molecule has 0 radical (unpaired) electrons. The second-order valence-electron chi connectivity index (χ2n) is 4.84. The third kappa shape index (κ3) is 2.79. The Morgan fingerprint density at radius 1 is 1.50 bits per heavy atom. The van der Waals surface area contributed by atoms with E-state index in [0.717, 1.165) is 6.42 Å². The molecule has 1 aliphatic rings. The van der Waals surface area contributed by atoms with Crippen molar-refractivity contribution in [2.24, 2.45) is 0 Å². The largest absolute Gasteiger partial charge is 0.456 e. The zero-order valence-electron chi connectivity index (χ0n) is 10.8. The topological polar surface area (TPSA) is 38.8 Å². The van der Waals surface area contributed by atoms with Gasteiger partial charge in [-0.1, -0.05) is 36.9 Å². The highest BCUT2D eigenvalue weighted by atomic mass is 16.6. The summed E-state index contributed by atoms with van der Waals surface area (Å²) < 4.78 is 10.9. The molecule has 1 saturated heterocycles. The van der Waals surface area contributed by atoms with Gasteiger partial charge in [-0.05, 0) is 19.4 Å². The van der Waals surface area contributed by atoms with Crippen molar-refractivity contribution in [3.8, 4) is 0 Å². The molecule has 96 valence electrons. The minimum atomic E-state index is -0.356. The second kappa shape index (κ2) is 4.94. The highest BCUT2D eigenvalue weighted by molar-refractivity contribution is 5.87. The van der Waals surface area contributed by atoms with E-state index in [0.29, 0.717) is 12.2 Å². The Morgan fingerprint density at radius 2 is 2.11 bits per heavy atom. The van der Waals surface area contributed by atoms with E-state index in [9.17, 15) is 4.79 Å². The fourth-order valence-electron chi connectivity index (χ4n) is 1.88. The number of benzene rings is 1. The van der Waals surface area contributed by atoms with Gasteiger partial charge in [-0.15, -0.1) is 0 Å². The van der Waals surface area contributed by atoms with Crippen molar-refractivity contribution in [3.05, 3.63) is 48.0 Å². The van der Waals surface area contributed by atoms with Gasteiger partial charge in [0.05, 0.1) is 6.61 Å². The van der Waals surface area contributed by atoms with Crippen LogP contribution in [-0.4, -0.2) is 24.3 Å². The summed E-state index contributed by atoms with van der Waals surface area (Å²) in [5.41, 5.74) is 1.25. The molecule has 3 heteroatoms. The standard InChI is InChI=1S/C15H18O3/c1-11(2)14(16)18-12(3)15(10-17-15)9-13-7-5-4-6-8-13/h4-8,12H,1,9-10H2,2-3H3. The molecule has 0 spiro atoms. The van der Waals surface area contributed by atoms with Crippen molar-refractivity contribution < 1.29 is 14.3 Å². The van der Waals surface area contributed by atoms with Crippen LogP contribution in [0.4, 0.5) is 0 Å². The van der Waals surface area contributed by atoms with E-state index in [4.69, 9.17) is 9.47 Å². The molecule has 1 fully saturated rings. The molecule has 0 bridgehead atoms. The fraction of sp³-hybridized carbons (Fsp3) is 0.400. The van der Waals surface area contributed by atoms with E-state index in [2.05, 4.69) is 18.7 Å². The average Bonchev–Trinajstić information content (AvgIpc) is 3.11. The van der Waals surface area contributed by atoms with Crippen molar-refractivity contribution >= 4 is 5.97 Å². The van der Waals surface area contributed by atoms with Gasteiger partial charge in [0.2, 0.25) is 0 Å². The van der Waals surface area contributed by atoms with Crippen molar-refractivity contribution in [1.82, 2.24) is 0 Å². The Kier molecular flexibility index (Phi) is 3.53. The van der Waals surface area contributed by atoms with Crippen LogP contribution in [0.5, 0.6) is 0 Å². The van der Waals surface area contributed by atoms with Crippen LogP contribution in [0.3, 0.4) is 0 Å². The summed E-state index contributed by atoms with van der Waals surface area (Å²) in [5, 5.41) is 0. The normalized spacial score (nSPS) is 23.2. The third-order valence-corrected chi connectivity index (χ3v) is 3.23. The zero-order valence-corrected chi connectivity index (χ0v) is 10.8. The summed E-state index contributed by atoms with van der Waals surface area (Å²) in [4.78, 5) is 11.5. The van der Waals surface area contributed by atoms with E-state index in [1.165, 1.54) is 5.56 Å². The number of carbonyl (C=O) groups is 1. The summed E-state index contributed by atoms with van der Waals surface area (Å²) in [5.74, 6) is -0.356. The van der Waals surface area contributed by atoms with Crippen molar-refractivity contribution in [2.45, 2.75) is 32.0 Å². The molecule has 3 nitrogen and oxygen atoms in total. The molecule has 0 aliphatic carbocycles. The molecule has 0 aromatic heterocycles. The van der Waals surface area contributed by atoms with Crippen LogP contribution in [0.15, 0.2) is 42.5 Å². The summed E-state index contributed by atoms with van der Waals surface area (Å²) in [7, 11) is 0. The molecule has 2 rings (SSSR count). The maximum atomic E-state index is 11.5. The molecule has 1 heterocycles. The summed E-state index contributed by atoms with van der Waals surface area (Å²) in [6, 6.07) is 10.1. The van der Waals surface area contributed by atoms with Crippen LogP contribution < -0.4 is 0 Å². The highest BCUT2D eigenvalue weighted by Gasteiger charge is 2.51. The minimum Gasteiger partial charge on any atom is -0.456 e. The lowest BCUT2D eigenvalue weighted by Gasteiger charge is -2.20. The van der Waals surface area contributed by atoms with Gasteiger partial charge < -0.3 is 9.47 Å². The van der Waals surface area contributed by atoms with E-state index < -0.39 is 0 Å². The molecule has 2 unspecified atom stereocenters. The maximum Gasteiger partial charge on any atom is 0.333 e. The molecular formula is C15H18O3. The van der Waals surface area contributed by atoms with Crippen molar-refractivity contribution in [3.63, 3.8) is 0 Å². The Labute approximate surface area is 107 Å². The number of ether oxygens (including phenoxy) is 2. The van der Waals surface area contributed by atoms with Gasteiger partial charge in [0.15, 0.2) is 0 Å². The van der Waals surface area contributed by atoms with E-state index in [1.807, 2.05) is 25.1 Å². The van der Waals surface area contributed by atoms with Crippen molar-refractivity contribution in [1.29, 1.82) is 0 Å². The van der Waals surface area contributed by atoms with Gasteiger partial charge in [-0.25, -0.2) is 4.79 Å². The zero-order chi connectivity index (χ0) is 13.2. The molecule has 1 aromatic carbocycles. The van der Waals surface area contributed by atoms with Gasteiger partial charge in [0, 0.05) is 12.0 Å². The molecule has 1 aromatic rings. The van der Waals surface area contributed by atoms with E-state index >= 15 is 0 Å².